The van der Waals surface area contributed by atoms with Crippen LogP contribution >= 0.6 is 0 Å². The molecule has 0 aliphatic carbocycles. The molecule has 458 valence electrons. The van der Waals surface area contributed by atoms with E-state index in [0.717, 1.165) is 6.42 Å². The predicted molar refractivity (Wildman–Crippen MR) is 277 cm³/mol. The van der Waals surface area contributed by atoms with Crippen molar-refractivity contribution in [1.82, 2.24) is 0 Å². The second-order valence-corrected chi connectivity index (χ2v) is 24.9. The number of aliphatic hydroxyl groups excluding tert-OH is 6. The molecule has 0 spiro atoms. The molecule has 6 N–H and O–H groups in total. The first-order chi connectivity index (χ1) is 37.6. The number of hydrogen-bond acceptors (Lipinski definition) is 22. The second kappa shape index (κ2) is 26.4. The molecule has 15 unspecified atom stereocenters. The molecule has 2 bridgehead atoms. The number of hydrogen-bond donors (Lipinski definition) is 6. The SMILES string of the molecule is CCC1O[C@@H](O[C@@H]2C(CC)O[C@@H](O[C@H]3C(C)C(C)[C@@H]4OC[C@@H]3O4)[C@@H](C)C2C)[C@@H](C)C(C)[C@@H]1O[C@@H]1O[C@@H](CC)[C@@H](O[C@H]2O[C@@H](CO)[C@@H](O[C@@H]3OC(CO)[C@@H](O[C@@H]4OC5COC(C)O[C@H]5[C@H](O)C4O)C(O)[C@@H]3O)C(C)C2C)C(C)C1C. The van der Waals surface area contributed by atoms with Gasteiger partial charge in [0.25, 0.3) is 0 Å². The van der Waals surface area contributed by atoms with Crippen molar-refractivity contribution in [2.45, 2.75) is 276 Å². The Morgan fingerprint density at radius 3 is 1.15 bits per heavy atom. The molecule has 0 radical (unpaired) electrons. The van der Waals surface area contributed by atoms with Gasteiger partial charge < -0.3 is 106 Å². The van der Waals surface area contributed by atoms with Gasteiger partial charge in [0.2, 0.25) is 0 Å². The lowest BCUT2D eigenvalue weighted by atomic mass is 9.81. The van der Waals surface area contributed by atoms with Crippen molar-refractivity contribution >= 4 is 0 Å². The molecule has 0 saturated carbocycles. The Bertz CT molecular complexity index is 1900. The first kappa shape index (κ1) is 62.6. The fourth-order valence-corrected chi connectivity index (χ4v) is 13.7. The molecule has 9 rings (SSSR count). The van der Waals surface area contributed by atoms with E-state index in [2.05, 4.69) is 76.2 Å². The maximum Gasteiger partial charge on any atom is 0.187 e. The molecule has 9 saturated heterocycles. The molecule has 0 aromatic carbocycles. The summed E-state index contributed by atoms with van der Waals surface area (Å²) in [7, 11) is 0. The predicted octanol–water partition coefficient (Wildman–Crippen LogP) is 3.18. The summed E-state index contributed by atoms with van der Waals surface area (Å²) in [6.07, 6.45) is -18.4. The minimum absolute atomic E-state index is 0.0131. The molecular weight excluding hydrogens is 1040 g/mol. The van der Waals surface area contributed by atoms with E-state index in [0.29, 0.717) is 19.4 Å². The van der Waals surface area contributed by atoms with E-state index in [1.165, 1.54) is 0 Å². The third kappa shape index (κ3) is 12.4. The minimum atomic E-state index is -1.71. The molecule has 0 aromatic heterocycles. The van der Waals surface area contributed by atoms with Crippen molar-refractivity contribution in [3.63, 3.8) is 0 Å². The van der Waals surface area contributed by atoms with Gasteiger partial charge in [0.05, 0.1) is 75.3 Å². The first-order valence-electron chi connectivity index (χ1n) is 30.0. The summed E-state index contributed by atoms with van der Waals surface area (Å²) in [5, 5.41) is 65.8. The van der Waals surface area contributed by atoms with Crippen LogP contribution in [0.15, 0.2) is 0 Å². The van der Waals surface area contributed by atoms with Crippen LogP contribution in [0.25, 0.3) is 0 Å². The van der Waals surface area contributed by atoms with Crippen LogP contribution in [0.3, 0.4) is 0 Å². The molecule has 9 aliphatic rings. The molecule has 36 atom stereocenters. The number of ether oxygens (including phenoxy) is 16. The zero-order valence-electron chi connectivity index (χ0n) is 48.9. The van der Waals surface area contributed by atoms with Gasteiger partial charge in [-0.25, -0.2) is 0 Å². The van der Waals surface area contributed by atoms with E-state index in [1.807, 2.05) is 13.8 Å². The quantitative estimate of drug-likeness (QED) is 0.122. The van der Waals surface area contributed by atoms with Crippen molar-refractivity contribution in [1.29, 1.82) is 0 Å². The Hall–Kier alpha value is -0.880. The Morgan fingerprint density at radius 1 is 0.329 bits per heavy atom. The van der Waals surface area contributed by atoms with E-state index >= 15 is 0 Å². The van der Waals surface area contributed by atoms with E-state index < -0.39 is 124 Å². The van der Waals surface area contributed by atoms with Crippen molar-refractivity contribution in [2.75, 3.05) is 26.4 Å². The van der Waals surface area contributed by atoms with Crippen molar-refractivity contribution < 1.29 is 106 Å². The van der Waals surface area contributed by atoms with Gasteiger partial charge in [-0.05, 0) is 55.8 Å². The fourth-order valence-electron chi connectivity index (χ4n) is 13.7. The maximum atomic E-state index is 11.4. The smallest absolute Gasteiger partial charge is 0.187 e. The normalized spacial score (nSPS) is 55.3. The van der Waals surface area contributed by atoms with Gasteiger partial charge in [-0.15, -0.1) is 0 Å². The zero-order chi connectivity index (χ0) is 57.0. The van der Waals surface area contributed by atoms with Gasteiger partial charge in [0, 0.05) is 29.6 Å². The number of aliphatic hydroxyl groups is 6. The monoisotopic (exact) mass is 1130 g/mol. The molecular formula is C57H98O22. The highest BCUT2D eigenvalue weighted by Crippen LogP contribution is 2.46. The number of rotatable bonds is 17. The maximum absolute atomic E-state index is 11.4. The van der Waals surface area contributed by atoms with Crippen molar-refractivity contribution in [3.05, 3.63) is 0 Å². The van der Waals surface area contributed by atoms with Crippen molar-refractivity contribution in [3.8, 4) is 0 Å². The lowest BCUT2D eigenvalue weighted by Crippen LogP contribution is -2.66. The first-order valence-corrected chi connectivity index (χ1v) is 30.0. The Balaban J connectivity index is 0.786. The topological polar surface area (TPSA) is 269 Å². The molecule has 9 heterocycles. The van der Waals surface area contributed by atoms with Crippen LogP contribution in [0.4, 0.5) is 0 Å². The fraction of sp³-hybridized carbons (Fsp3) is 1.00. The summed E-state index contributed by atoms with van der Waals surface area (Å²) in [6, 6.07) is 0. The van der Waals surface area contributed by atoms with Crippen LogP contribution in [0.1, 0.15) is 116 Å². The highest BCUT2D eigenvalue weighted by molar-refractivity contribution is 4.99. The standard InChI is InChI=1S/C57H98O22/c1-15-33-44(23(5)28(10)52(67-33)75-45-25(7)30(12)54(69-34(45)16-2)77-48-22(4)27(9)51-65-21-38(48)72-51)74-53-29(11)24(6)46(35(17-3)68-53)76-55-31(13)26(8)47(36(18-58)70-55)78-56-42(62)40(60)49(37(19-59)71-56)79-57-43(63)41(61)50-39(73-57)20-64-32(14)66-50/h22-63H,15-21H2,1-14H3/t22?,23?,24?,25?,26?,27?,28-,29?,30-,31?,32?,33?,34?,35-,36-,37?,38-,39?,40?,41+,42-,43?,44-,45-,46-,47-,48-,49+,50+,51+,52-,53-,54-,55+,56-,57-/m0/s1. The van der Waals surface area contributed by atoms with E-state index in [4.69, 9.17) is 75.8 Å². The van der Waals surface area contributed by atoms with Gasteiger partial charge in [0.15, 0.2) is 50.3 Å². The second-order valence-electron chi connectivity index (χ2n) is 24.9. The molecule has 79 heavy (non-hydrogen) atoms. The summed E-state index contributed by atoms with van der Waals surface area (Å²) in [5.41, 5.74) is 0. The molecule has 22 heteroatoms. The molecule has 9 fully saturated rings. The van der Waals surface area contributed by atoms with Crippen LogP contribution in [-0.2, 0) is 75.8 Å². The summed E-state index contributed by atoms with van der Waals surface area (Å²) >= 11 is 0. The molecule has 0 aromatic rings. The summed E-state index contributed by atoms with van der Waals surface area (Å²) < 4.78 is 102. The van der Waals surface area contributed by atoms with Gasteiger partial charge in [0.1, 0.15) is 61.0 Å². The van der Waals surface area contributed by atoms with Crippen LogP contribution in [0.2, 0.25) is 0 Å². The Kier molecular flexibility index (Phi) is 20.9. The third-order valence-electron chi connectivity index (χ3n) is 20.1. The molecule has 0 amide bonds. The highest BCUT2D eigenvalue weighted by atomic mass is 16.8. The molecule has 22 nitrogen and oxygen atoms in total. The van der Waals surface area contributed by atoms with Crippen LogP contribution in [0, 0.1) is 59.2 Å². The van der Waals surface area contributed by atoms with Crippen LogP contribution in [0.5, 0.6) is 0 Å². The van der Waals surface area contributed by atoms with Gasteiger partial charge >= 0.3 is 0 Å². The lowest BCUT2D eigenvalue weighted by molar-refractivity contribution is -0.391. The highest BCUT2D eigenvalue weighted by Gasteiger charge is 2.57. The third-order valence-corrected chi connectivity index (χ3v) is 20.1. The van der Waals surface area contributed by atoms with E-state index in [-0.39, 0.29) is 115 Å². The minimum Gasteiger partial charge on any atom is -0.394 e. The van der Waals surface area contributed by atoms with E-state index in [1.54, 1.807) is 6.92 Å². The van der Waals surface area contributed by atoms with E-state index in [9.17, 15) is 30.6 Å². The average molecular weight is 1140 g/mol. The van der Waals surface area contributed by atoms with Crippen LogP contribution < -0.4 is 0 Å². The largest absolute Gasteiger partial charge is 0.394 e. The summed E-state index contributed by atoms with van der Waals surface area (Å²) in [5.74, 6) is -0.0825. The number of fused-ring (bicyclic) bond motifs is 3. The average Bonchev–Trinajstić information content (AvgIpc) is 3.98. The summed E-state index contributed by atoms with van der Waals surface area (Å²) in [6.45, 7) is 28.8. The lowest BCUT2D eigenvalue weighted by Gasteiger charge is -2.52. The van der Waals surface area contributed by atoms with Crippen LogP contribution in [-0.4, -0.2) is 217 Å². The Labute approximate surface area is 467 Å². The van der Waals surface area contributed by atoms with Gasteiger partial charge in [-0.1, -0.05) is 90.0 Å². The Morgan fingerprint density at radius 2 is 0.684 bits per heavy atom. The van der Waals surface area contributed by atoms with Gasteiger partial charge in [-0.2, -0.15) is 0 Å². The van der Waals surface area contributed by atoms with Gasteiger partial charge in [-0.3, -0.25) is 0 Å². The molecule has 9 aliphatic heterocycles. The van der Waals surface area contributed by atoms with Crippen molar-refractivity contribution in [2.24, 2.45) is 59.2 Å². The zero-order valence-corrected chi connectivity index (χ0v) is 48.9. The summed E-state index contributed by atoms with van der Waals surface area (Å²) in [4.78, 5) is 0.